The topological polar surface area (TPSA) is 23.8 Å². The molecule has 17 heavy (non-hydrogen) atoms. The molecular formula is C13H6F3N. The molecule has 84 valence electrons. The second-order valence-electron chi connectivity index (χ2n) is 3.41. The van der Waals surface area contributed by atoms with Crippen molar-refractivity contribution in [3.05, 3.63) is 59.4 Å². The van der Waals surface area contributed by atoms with E-state index in [2.05, 4.69) is 0 Å². The average Bonchev–Trinajstić information content (AvgIpc) is 2.36. The molecule has 0 bridgehead atoms. The first-order valence-electron chi connectivity index (χ1n) is 4.77. The summed E-state index contributed by atoms with van der Waals surface area (Å²) in [6.45, 7) is 0. The van der Waals surface area contributed by atoms with Crippen molar-refractivity contribution in [2.75, 3.05) is 0 Å². The summed E-state index contributed by atoms with van der Waals surface area (Å²) in [6.07, 6.45) is 0. The fraction of sp³-hybridized carbons (Fsp3) is 0. The van der Waals surface area contributed by atoms with E-state index in [0.717, 1.165) is 12.1 Å². The summed E-state index contributed by atoms with van der Waals surface area (Å²) < 4.78 is 39.2. The van der Waals surface area contributed by atoms with Crippen LogP contribution in [0.2, 0.25) is 0 Å². The third kappa shape index (κ3) is 2.00. The molecule has 0 fully saturated rings. The number of rotatable bonds is 1. The van der Waals surface area contributed by atoms with Crippen LogP contribution in [-0.2, 0) is 0 Å². The van der Waals surface area contributed by atoms with Gasteiger partial charge in [0.1, 0.15) is 0 Å². The highest BCUT2D eigenvalue weighted by atomic mass is 19.2. The third-order valence-corrected chi connectivity index (χ3v) is 2.36. The van der Waals surface area contributed by atoms with Gasteiger partial charge in [0.25, 0.3) is 0 Å². The van der Waals surface area contributed by atoms with Gasteiger partial charge >= 0.3 is 0 Å². The van der Waals surface area contributed by atoms with Gasteiger partial charge < -0.3 is 0 Å². The average molecular weight is 233 g/mol. The first-order valence-corrected chi connectivity index (χ1v) is 4.77. The van der Waals surface area contributed by atoms with Crippen LogP contribution in [0.1, 0.15) is 5.56 Å². The number of hydrogen-bond donors (Lipinski definition) is 0. The summed E-state index contributed by atoms with van der Waals surface area (Å²) in [5.74, 6) is -3.94. The maximum Gasteiger partial charge on any atom is 0.195 e. The highest BCUT2D eigenvalue weighted by Gasteiger charge is 2.14. The monoisotopic (exact) mass is 233 g/mol. The van der Waals surface area contributed by atoms with Crippen molar-refractivity contribution in [2.24, 2.45) is 0 Å². The van der Waals surface area contributed by atoms with Crippen LogP contribution in [0.4, 0.5) is 13.2 Å². The third-order valence-electron chi connectivity index (χ3n) is 2.36. The van der Waals surface area contributed by atoms with E-state index in [1.165, 1.54) is 24.3 Å². The van der Waals surface area contributed by atoms with Gasteiger partial charge in [-0.05, 0) is 29.8 Å². The molecule has 0 N–H and O–H groups in total. The summed E-state index contributed by atoms with van der Waals surface area (Å²) in [7, 11) is 0. The van der Waals surface area contributed by atoms with Crippen LogP contribution in [0, 0.1) is 28.8 Å². The Bertz CT molecular complexity index is 597. The summed E-state index contributed by atoms with van der Waals surface area (Å²) in [4.78, 5) is 0. The maximum absolute atomic E-state index is 13.5. The van der Waals surface area contributed by atoms with E-state index in [4.69, 9.17) is 5.26 Å². The van der Waals surface area contributed by atoms with Gasteiger partial charge in [-0.1, -0.05) is 12.1 Å². The molecule has 2 aromatic carbocycles. The summed E-state index contributed by atoms with van der Waals surface area (Å²) >= 11 is 0. The SMILES string of the molecule is N#Cc1ccc(-c2ccc(F)c(F)c2F)cc1. The first-order chi connectivity index (χ1) is 8.13. The summed E-state index contributed by atoms with van der Waals surface area (Å²) in [5, 5.41) is 8.60. The number of nitriles is 1. The van der Waals surface area contributed by atoms with Gasteiger partial charge in [0.05, 0.1) is 11.6 Å². The largest absolute Gasteiger partial charge is 0.204 e. The van der Waals surface area contributed by atoms with Gasteiger partial charge in [-0.2, -0.15) is 5.26 Å². The normalized spacial score (nSPS) is 10.0. The predicted molar refractivity (Wildman–Crippen MR) is 56.5 cm³/mol. The Kier molecular flexibility index (Phi) is 2.84. The molecule has 0 unspecified atom stereocenters. The maximum atomic E-state index is 13.5. The van der Waals surface area contributed by atoms with Crippen molar-refractivity contribution in [1.29, 1.82) is 5.26 Å². The molecule has 1 nitrogen and oxygen atoms in total. The van der Waals surface area contributed by atoms with E-state index < -0.39 is 17.5 Å². The molecule has 0 radical (unpaired) electrons. The van der Waals surface area contributed by atoms with E-state index in [9.17, 15) is 13.2 Å². The standard InChI is InChI=1S/C13H6F3N/c14-11-6-5-10(12(15)13(11)16)9-3-1-8(7-17)2-4-9/h1-6H. The second kappa shape index (κ2) is 4.30. The van der Waals surface area contributed by atoms with Crippen molar-refractivity contribution < 1.29 is 13.2 Å². The lowest BCUT2D eigenvalue weighted by atomic mass is 10.0. The molecule has 4 heteroatoms. The van der Waals surface area contributed by atoms with Crippen molar-refractivity contribution in [3.8, 4) is 17.2 Å². The summed E-state index contributed by atoms with van der Waals surface area (Å²) in [6, 6.07) is 9.87. The molecule has 0 aliphatic heterocycles. The quantitative estimate of drug-likeness (QED) is 0.690. The molecule has 0 spiro atoms. The zero-order valence-corrected chi connectivity index (χ0v) is 8.55. The Hall–Kier alpha value is -2.28. The lowest BCUT2D eigenvalue weighted by Gasteiger charge is -2.04. The minimum absolute atomic E-state index is 0.0339. The zero-order chi connectivity index (χ0) is 12.4. The van der Waals surface area contributed by atoms with E-state index in [1.807, 2.05) is 6.07 Å². The molecule has 0 saturated carbocycles. The van der Waals surface area contributed by atoms with E-state index in [1.54, 1.807) is 0 Å². The van der Waals surface area contributed by atoms with Crippen LogP contribution in [0.3, 0.4) is 0 Å². The number of benzene rings is 2. The molecule has 0 atom stereocenters. The Labute approximate surface area is 95.7 Å². The van der Waals surface area contributed by atoms with E-state index in [0.29, 0.717) is 11.1 Å². The van der Waals surface area contributed by atoms with Gasteiger partial charge in [-0.3, -0.25) is 0 Å². The number of halogens is 3. The molecule has 2 aromatic rings. The van der Waals surface area contributed by atoms with Crippen LogP contribution in [0.5, 0.6) is 0 Å². The molecule has 2 rings (SSSR count). The predicted octanol–water partition coefficient (Wildman–Crippen LogP) is 3.64. The smallest absolute Gasteiger partial charge is 0.195 e. The van der Waals surface area contributed by atoms with Gasteiger partial charge in [0, 0.05) is 5.56 Å². The number of hydrogen-bond acceptors (Lipinski definition) is 1. The molecule has 0 aliphatic carbocycles. The molecule has 0 aromatic heterocycles. The van der Waals surface area contributed by atoms with E-state index >= 15 is 0 Å². The molecule has 0 saturated heterocycles. The second-order valence-corrected chi connectivity index (χ2v) is 3.41. The Morgan fingerprint density at radius 1 is 0.824 bits per heavy atom. The zero-order valence-electron chi connectivity index (χ0n) is 8.55. The van der Waals surface area contributed by atoms with Crippen molar-refractivity contribution in [1.82, 2.24) is 0 Å². The Balaban J connectivity index is 2.54. The Morgan fingerprint density at radius 2 is 1.47 bits per heavy atom. The van der Waals surface area contributed by atoms with Crippen molar-refractivity contribution >= 4 is 0 Å². The fourth-order valence-electron chi connectivity index (χ4n) is 1.47. The first kappa shape index (κ1) is 11.2. The van der Waals surface area contributed by atoms with Gasteiger partial charge in [-0.15, -0.1) is 0 Å². The van der Waals surface area contributed by atoms with Crippen LogP contribution < -0.4 is 0 Å². The van der Waals surface area contributed by atoms with Gasteiger partial charge in [0.15, 0.2) is 17.5 Å². The minimum Gasteiger partial charge on any atom is -0.204 e. The fourth-order valence-corrected chi connectivity index (χ4v) is 1.47. The molecular weight excluding hydrogens is 227 g/mol. The van der Waals surface area contributed by atoms with E-state index in [-0.39, 0.29) is 5.56 Å². The highest BCUT2D eigenvalue weighted by Crippen LogP contribution is 2.25. The molecule has 0 aliphatic rings. The number of nitrogens with zero attached hydrogens (tertiary/aromatic N) is 1. The van der Waals surface area contributed by atoms with Crippen LogP contribution >= 0.6 is 0 Å². The Morgan fingerprint density at radius 3 is 2.06 bits per heavy atom. The van der Waals surface area contributed by atoms with Gasteiger partial charge in [-0.25, -0.2) is 13.2 Å². The minimum atomic E-state index is -1.49. The molecule has 0 amide bonds. The van der Waals surface area contributed by atoms with Crippen molar-refractivity contribution in [3.63, 3.8) is 0 Å². The van der Waals surface area contributed by atoms with Crippen LogP contribution in [0.15, 0.2) is 36.4 Å². The molecule has 0 heterocycles. The lowest BCUT2D eigenvalue weighted by Crippen LogP contribution is -1.93. The van der Waals surface area contributed by atoms with Gasteiger partial charge in [0.2, 0.25) is 0 Å². The van der Waals surface area contributed by atoms with Crippen LogP contribution in [-0.4, -0.2) is 0 Å². The van der Waals surface area contributed by atoms with Crippen molar-refractivity contribution in [2.45, 2.75) is 0 Å². The van der Waals surface area contributed by atoms with Crippen LogP contribution in [0.25, 0.3) is 11.1 Å². The summed E-state index contributed by atoms with van der Waals surface area (Å²) in [5.41, 5.74) is 0.769. The highest BCUT2D eigenvalue weighted by molar-refractivity contribution is 5.65. The lowest BCUT2D eigenvalue weighted by molar-refractivity contribution is 0.449.